The Bertz CT molecular complexity index is 1080. The highest BCUT2D eigenvalue weighted by molar-refractivity contribution is 7.89. The Kier molecular flexibility index (Phi) is 6.47. The van der Waals surface area contributed by atoms with E-state index >= 15 is 0 Å². The normalized spacial score (nSPS) is 15.2. The molecule has 3 heterocycles. The van der Waals surface area contributed by atoms with E-state index in [9.17, 15) is 8.42 Å². The predicted octanol–water partition coefficient (Wildman–Crippen LogP) is 2.35. The average Bonchev–Trinajstić information content (AvgIpc) is 3.35. The summed E-state index contributed by atoms with van der Waals surface area (Å²) in [6.07, 6.45) is 8.72. The largest absolute Gasteiger partial charge is 0.494 e. The van der Waals surface area contributed by atoms with Gasteiger partial charge in [-0.2, -0.15) is 4.31 Å². The Morgan fingerprint density at radius 3 is 2.45 bits per heavy atom. The molecule has 9 nitrogen and oxygen atoms in total. The topological polar surface area (TPSA) is 93.5 Å². The van der Waals surface area contributed by atoms with E-state index in [0.717, 1.165) is 24.5 Å². The van der Waals surface area contributed by atoms with Crippen LogP contribution in [0.3, 0.4) is 0 Å². The molecule has 2 aromatic heterocycles. The van der Waals surface area contributed by atoms with Crippen molar-refractivity contribution in [3.8, 4) is 11.6 Å². The summed E-state index contributed by atoms with van der Waals surface area (Å²) in [5.74, 6) is 2.18. The molecule has 0 saturated carbocycles. The molecule has 1 saturated heterocycles. The highest BCUT2D eigenvalue weighted by atomic mass is 32.2. The summed E-state index contributed by atoms with van der Waals surface area (Å²) in [5.41, 5.74) is 0. The molecule has 0 unspecified atom stereocenters. The molecule has 1 fully saturated rings. The smallest absolute Gasteiger partial charge is 0.243 e. The summed E-state index contributed by atoms with van der Waals surface area (Å²) in [4.78, 5) is 15.0. The lowest BCUT2D eigenvalue weighted by Crippen LogP contribution is -2.48. The van der Waals surface area contributed by atoms with Gasteiger partial charge in [0.1, 0.15) is 30.0 Å². The Morgan fingerprint density at radius 1 is 1.03 bits per heavy atom. The van der Waals surface area contributed by atoms with Crippen LogP contribution in [0.25, 0.3) is 5.82 Å². The molecule has 0 N–H and O–H groups in total. The molecule has 3 aromatic rings. The molecule has 10 heteroatoms. The summed E-state index contributed by atoms with van der Waals surface area (Å²) >= 11 is 0. The number of hydrogen-bond acceptors (Lipinski definition) is 7. The van der Waals surface area contributed by atoms with Gasteiger partial charge >= 0.3 is 0 Å². The van der Waals surface area contributed by atoms with Gasteiger partial charge in [0.2, 0.25) is 10.0 Å². The van der Waals surface area contributed by atoms with E-state index in [-0.39, 0.29) is 4.90 Å². The minimum absolute atomic E-state index is 0.285. The minimum atomic E-state index is -3.55. The van der Waals surface area contributed by atoms with E-state index in [1.165, 1.54) is 10.6 Å². The molecule has 0 spiro atoms. The summed E-state index contributed by atoms with van der Waals surface area (Å²) in [6.45, 7) is 4.62. The van der Waals surface area contributed by atoms with Crippen LogP contribution >= 0.6 is 0 Å². The second-order valence-electron chi connectivity index (χ2n) is 7.27. The lowest BCUT2D eigenvalue weighted by molar-refractivity contribution is 0.309. The number of anilines is 1. The fourth-order valence-electron chi connectivity index (χ4n) is 3.39. The standard InChI is InChI=1S/C21H26N6O3S/c1-2-3-14-30-18-4-6-19(7-5-18)31(28,29)27-12-10-25(11-13-27)20-15-21(24-16-23-20)26-9-8-22-17-26/h4-9,15-17H,2-3,10-14H2,1H3. The number of imidazole rings is 1. The highest BCUT2D eigenvalue weighted by Gasteiger charge is 2.29. The second-order valence-corrected chi connectivity index (χ2v) is 9.21. The number of benzene rings is 1. The first-order chi connectivity index (χ1) is 15.1. The van der Waals surface area contributed by atoms with Gasteiger partial charge in [-0.1, -0.05) is 13.3 Å². The number of rotatable bonds is 8. The van der Waals surface area contributed by atoms with Crippen molar-refractivity contribution in [1.29, 1.82) is 0 Å². The maximum absolute atomic E-state index is 13.0. The SMILES string of the molecule is CCCCOc1ccc(S(=O)(=O)N2CCN(c3cc(-n4ccnc4)ncn3)CC2)cc1. The number of piperazine rings is 1. The van der Waals surface area contributed by atoms with E-state index in [0.29, 0.717) is 38.5 Å². The molecule has 0 bridgehead atoms. The van der Waals surface area contributed by atoms with E-state index in [2.05, 4.69) is 26.8 Å². The number of sulfonamides is 1. The third-order valence-corrected chi connectivity index (χ3v) is 7.11. The quantitative estimate of drug-likeness (QED) is 0.494. The molecule has 0 amide bonds. The van der Waals surface area contributed by atoms with Crippen molar-refractivity contribution in [1.82, 2.24) is 23.8 Å². The lowest BCUT2D eigenvalue weighted by atomic mass is 10.3. The third-order valence-electron chi connectivity index (χ3n) is 5.20. The first-order valence-corrected chi connectivity index (χ1v) is 11.8. The second kappa shape index (κ2) is 9.44. The zero-order chi connectivity index (χ0) is 21.7. The molecule has 0 radical (unpaired) electrons. The zero-order valence-corrected chi connectivity index (χ0v) is 18.3. The summed E-state index contributed by atoms with van der Waals surface area (Å²) in [6, 6.07) is 8.55. The molecule has 0 aliphatic carbocycles. The third kappa shape index (κ3) is 4.86. The van der Waals surface area contributed by atoms with Crippen molar-refractivity contribution in [2.75, 3.05) is 37.7 Å². The first kappa shape index (κ1) is 21.3. The van der Waals surface area contributed by atoms with Gasteiger partial charge in [0.25, 0.3) is 0 Å². The summed E-state index contributed by atoms with van der Waals surface area (Å²) in [5, 5.41) is 0. The Hall–Kier alpha value is -2.98. The van der Waals surface area contributed by atoms with Gasteiger partial charge in [0, 0.05) is 44.6 Å². The van der Waals surface area contributed by atoms with E-state index in [1.54, 1.807) is 36.8 Å². The van der Waals surface area contributed by atoms with Crippen LogP contribution in [-0.4, -0.2) is 65.0 Å². The van der Waals surface area contributed by atoms with Crippen molar-refractivity contribution in [2.24, 2.45) is 0 Å². The van der Waals surface area contributed by atoms with Crippen molar-refractivity contribution in [2.45, 2.75) is 24.7 Å². The van der Waals surface area contributed by atoms with Crippen LogP contribution in [0, 0.1) is 0 Å². The van der Waals surface area contributed by atoms with E-state index in [4.69, 9.17) is 4.74 Å². The molecule has 164 valence electrons. The Balaban J connectivity index is 1.39. The number of nitrogens with zero attached hydrogens (tertiary/aromatic N) is 6. The Morgan fingerprint density at radius 2 is 1.77 bits per heavy atom. The average molecular weight is 443 g/mol. The first-order valence-electron chi connectivity index (χ1n) is 10.4. The van der Waals surface area contributed by atoms with Gasteiger partial charge in [0.15, 0.2) is 0 Å². The van der Waals surface area contributed by atoms with Gasteiger partial charge < -0.3 is 9.64 Å². The minimum Gasteiger partial charge on any atom is -0.494 e. The summed E-state index contributed by atoms with van der Waals surface area (Å²) in [7, 11) is -3.55. The van der Waals surface area contributed by atoms with Crippen molar-refractivity contribution >= 4 is 15.8 Å². The van der Waals surface area contributed by atoms with Crippen LogP contribution in [-0.2, 0) is 10.0 Å². The van der Waals surface area contributed by atoms with Crippen LogP contribution in [0.2, 0.25) is 0 Å². The van der Waals surface area contributed by atoms with E-state index < -0.39 is 10.0 Å². The molecular formula is C21H26N6O3S. The number of aromatic nitrogens is 4. The molecule has 0 atom stereocenters. The lowest BCUT2D eigenvalue weighted by Gasteiger charge is -2.34. The van der Waals surface area contributed by atoms with Gasteiger partial charge in [0.05, 0.1) is 11.5 Å². The molecule has 1 aromatic carbocycles. The number of ether oxygens (including phenoxy) is 1. The van der Waals surface area contributed by atoms with Crippen LogP contribution in [0.4, 0.5) is 5.82 Å². The van der Waals surface area contributed by atoms with Crippen LogP contribution in [0.1, 0.15) is 19.8 Å². The van der Waals surface area contributed by atoms with Gasteiger partial charge in [-0.25, -0.2) is 23.4 Å². The fourth-order valence-corrected chi connectivity index (χ4v) is 4.82. The zero-order valence-electron chi connectivity index (χ0n) is 17.5. The van der Waals surface area contributed by atoms with Gasteiger partial charge in [-0.3, -0.25) is 4.57 Å². The fraction of sp³-hybridized carbons (Fsp3) is 0.381. The molecule has 1 aliphatic heterocycles. The van der Waals surface area contributed by atoms with E-state index in [1.807, 2.05) is 16.8 Å². The van der Waals surface area contributed by atoms with Crippen LogP contribution in [0.5, 0.6) is 5.75 Å². The van der Waals surface area contributed by atoms with Crippen molar-refractivity contribution in [3.05, 3.63) is 55.4 Å². The van der Waals surface area contributed by atoms with Crippen molar-refractivity contribution < 1.29 is 13.2 Å². The van der Waals surface area contributed by atoms with Gasteiger partial charge in [-0.05, 0) is 30.7 Å². The van der Waals surface area contributed by atoms with Gasteiger partial charge in [-0.15, -0.1) is 0 Å². The predicted molar refractivity (Wildman–Crippen MR) is 117 cm³/mol. The summed E-state index contributed by atoms with van der Waals surface area (Å²) < 4.78 is 35.0. The monoisotopic (exact) mass is 442 g/mol. The maximum Gasteiger partial charge on any atom is 0.243 e. The maximum atomic E-state index is 13.0. The van der Waals surface area contributed by atoms with Crippen molar-refractivity contribution in [3.63, 3.8) is 0 Å². The van der Waals surface area contributed by atoms with Crippen LogP contribution in [0.15, 0.2) is 60.3 Å². The highest BCUT2D eigenvalue weighted by Crippen LogP contribution is 2.23. The molecule has 1 aliphatic rings. The molecule has 31 heavy (non-hydrogen) atoms. The molecular weight excluding hydrogens is 416 g/mol. The molecule has 4 rings (SSSR count). The van der Waals surface area contributed by atoms with Crippen LogP contribution < -0.4 is 9.64 Å². The Labute approximate surface area is 182 Å². The number of unbranched alkanes of at least 4 members (excludes halogenated alkanes) is 1. The number of hydrogen-bond donors (Lipinski definition) is 0.